The maximum absolute atomic E-state index is 11.5. The highest BCUT2D eigenvalue weighted by Crippen LogP contribution is 2.11. The molecule has 0 radical (unpaired) electrons. The molecule has 2 amide bonds. The third-order valence-electron chi connectivity index (χ3n) is 6.33. The smallest absolute Gasteiger partial charge is 0.394 e. The fourth-order valence-electron chi connectivity index (χ4n) is 3.99. The van der Waals surface area contributed by atoms with Gasteiger partial charge in [-0.05, 0) is 79.8 Å². The van der Waals surface area contributed by atoms with Crippen molar-refractivity contribution in [1.29, 1.82) is 0 Å². The Morgan fingerprint density at radius 1 is 0.800 bits per heavy atom. The molecular weight excluding hydrogens is 770 g/mol. The van der Waals surface area contributed by atoms with Crippen molar-refractivity contribution in [3.05, 3.63) is 106 Å². The molecule has 50 heavy (non-hydrogen) atoms. The standard InChI is InChI=1S/C10H10IN3O.C10H11N3O.C8H6N2O2.C7H5B.ClH/c1-2-12-10(15)7-3-4-14-8(11)6-13-9(14)5-7;1-2-11-10(14)8-3-5-13-6-4-12-9(13)7-8;11-8(12)6-1-3-10-4-2-9-7(10)5-6;1-4-7-8(5-2)6-3;/h3-6H,2H2,1H3,(H,12,15);3-7H,2H2,1H3,(H,11,14);1-5H,(H,11,12);2-3H,1H3;1H. The number of hydrogen-bond donors (Lipinski definition) is 3. The zero-order valence-electron chi connectivity index (χ0n) is 27.4. The SMILES string of the molecule is C#CB(C#C)C#CC.CCNC(=O)c1ccn2c(I)cnc2c1.CCNC(=O)c1ccn2ccnc2c1.Cl.O=C(O)c1ccn2ccnc2c1. The van der Waals surface area contributed by atoms with Gasteiger partial charge in [0.15, 0.2) is 0 Å². The molecule has 6 rings (SSSR count). The number of imidazole rings is 3. The van der Waals surface area contributed by atoms with Crippen LogP contribution in [0.25, 0.3) is 16.9 Å². The lowest BCUT2D eigenvalue weighted by atomic mass is 9.53. The van der Waals surface area contributed by atoms with Gasteiger partial charge in [-0.1, -0.05) is 0 Å². The van der Waals surface area contributed by atoms with Crippen LogP contribution in [0, 0.1) is 39.9 Å². The third kappa shape index (κ3) is 11.4. The Labute approximate surface area is 309 Å². The number of carbonyl (C=O) groups excluding carboxylic acids is 2. The molecule has 0 aliphatic rings. The summed E-state index contributed by atoms with van der Waals surface area (Å²) in [6, 6.07) is 10.2. The first-order valence-corrected chi connectivity index (χ1v) is 15.9. The van der Waals surface area contributed by atoms with Crippen molar-refractivity contribution in [3.63, 3.8) is 0 Å². The minimum Gasteiger partial charge on any atom is -0.478 e. The van der Waals surface area contributed by atoms with Gasteiger partial charge in [0.05, 0.1) is 11.8 Å². The van der Waals surface area contributed by atoms with Crippen LogP contribution in [0.3, 0.4) is 0 Å². The topological polar surface area (TPSA) is 147 Å². The van der Waals surface area contributed by atoms with Crippen LogP contribution in [-0.4, -0.2) is 70.8 Å². The molecule has 0 bridgehead atoms. The Morgan fingerprint density at radius 3 is 1.74 bits per heavy atom. The summed E-state index contributed by atoms with van der Waals surface area (Å²) in [7, 11) is 0. The second-order valence-electron chi connectivity index (χ2n) is 9.63. The van der Waals surface area contributed by atoms with Gasteiger partial charge in [-0.25, -0.2) is 19.7 Å². The van der Waals surface area contributed by atoms with E-state index in [0.717, 1.165) is 15.0 Å². The van der Waals surface area contributed by atoms with Crippen molar-refractivity contribution < 1.29 is 19.5 Å². The van der Waals surface area contributed by atoms with E-state index in [9.17, 15) is 14.4 Å². The van der Waals surface area contributed by atoms with Crippen LogP contribution in [-0.2, 0) is 0 Å². The summed E-state index contributed by atoms with van der Waals surface area (Å²) < 4.78 is 6.59. The molecule has 0 fully saturated rings. The van der Waals surface area contributed by atoms with E-state index in [1.807, 2.05) is 41.2 Å². The zero-order valence-corrected chi connectivity index (χ0v) is 30.3. The minimum atomic E-state index is -0.930. The van der Waals surface area contributed by atoms with Gasteiger partial charge in [0.25, 0.3) is 11.8 Å². The number of nitrogens with zero attached hydrogens (tertiary/aromatic N) is 6. The van der Waals surface area contributed by atoms with E-state index in [4.69, 9.17) is 18.0 Å². The number of fused-ring (bicyclic) bond motifs is 3. The van der Waals surface area contributed by atoms with Crippen LogP contribution in [0.2, 0.25) is 0 Å². The van der Waals surface area contributed by atoms with E-state index in [0.29, 0.717) is 29.9 Å². The Morgan fingerprint density at radius 2 is 1.28 bits per heavy atom. The van der Waals surface area contributed by atoms with Gasteiger partial charge in [0.1, 0.15) is 20.6 Å². The number of carboxylic acids is 1. The highest BCUT2D eigenvalue weighted by Gasteiger charge is 2.07. The van der Waals surface area contributed by atoms with E-state index in [2.05, 4.69) is 71.6 Å². The lowest BCUT2D eigenvalue weighted by Crippen LogP contribution is -2.22. The molecule has 0 aliphatic heterocycles. The van der Waals surface area contributed by atoms with Crippen molar-refractivity contribution in [3.8, 4) is 36.2 Å². The monoisotopic (exact) mass is 802 g/mol. The first-order valence-electron chi connectivity index (χ1n) is 14.8. The van der Waals surface area contributed by atoms with Gasteiger partial charge >= 0.3 is 12.7 Å². The van der Waals surface area contributed by atoms with Crippen LogP contribution in [0.15, 0.2) is 86.0 Å². The van der Waals surface area contributed by atoms with Crippen LogP contribution in [0.1, 0.15) is 51.8 Å². The number of aromatic carboxylic acids is 1. The number of carbonyl (C=O) groups is 3. The first kappa shape index (κ1) is 40.4. The summed E-state index contributed by atoms with van der Waals surface area (Å²) >= 11 is 2.20. The summed E-state index contributed by atoms with van der Waals surface area (Å²) in [5.41, 5.74) is 3.78. The molecule has 0 saturated carbocycles. The van der Waals surface area contributed by atoms with E-state index in [1.165, 1.54) is 12.1 Å². The number of rotatable bonds is 5. The molecule has 0 saturated heterocycles. The number of carboxylic acid groups (broad SMARTS) is 1. The highest BCUT2D eigenvalue weighted by atomic mass is 127. The summed E-state index contributed by atoms with van der Waals surface area (Å²) in [4.78, 5) is 45.8. The predicted molar refractivity (Wildman–Crippen MR) is 205 cm³/mol. The van der Waals surface area contributed by atoms with E-state index in [1.54, 1.807) is 66.6 Å². The molecule has 0 spiro atoms. The molecule has 0 unspecified atom stereocenters. The number of halogens is 2. The maximum atomic E-state index is 11.5. The molecule has 0 aromatic carbocycles. The summed E-state index contributed by atoms with van der Waals surface area (Å²) in [5, 5.41) is 14.1. The quantitative estimate of drug-likeness (QED) is 0.131. The fraction of sp³-hybridized carbons (Fsp3) is 0.143. The number of hydrogen-bond acceptors (Lipinski definition) is 6. The Balaban J connectivity index is 0.000000235. The number of amides is 2. The molecule has 6 aromatic rings. The van der Waals surface area contributed by atoms with Crippen LogP contribution >= 0.6 is 35.0 Å². The highest BCUT2D eigenvalue weighted by molar-refractivity contribution is 14.1. The predicted octanol–water partition coefficient (Wildman–Crippen LogP) is 4.62. The van der Waals surface area contributed by atoms with E-state index >= 15 is 0 Å². The van der Waals surface area contributed by atoms with Gasteiger partial charge < -0.3 is 24.5 Å². The number of aromatic nitrogens is 6. The second-order valence-corrected chi connectivity index (χ2v) is 10.7. The molecule has 0 atom stereocenters. The molecule has 6 heterocycles. The molecular formula is C35H33BClIN8O4. The van der Waals surface area contributed by atoms with Crippen molar-refractivity contribution in [2.75, 3.05) is 13.1 Å². The van der Waals surface area contributed by atoms with Crippen LogP contribution in [0.5, 0.6) is 0 Å². The van der Waals surface area contributed by atoms with Crippen molar-refractivity contribution >= 4 is 76.4 Å². The number of pyridine rings is 3. The Kier molecular flexibility index (Phi) is 16.6. The van der Waals surface area contributed by atoms with Crippen molar-refractivity contribution in [2.45, 2.75) is 20.8 Å². The molecule has 254 valence electrons. The zero-order chi connectivity index (χ0) is 35.8. The number of terminal acetylenes is 2. The van der Waals surface area contributed by atoms with Crippen molar-refractivity contribution in [1.82, 2.24) is 38.8 Å². The molecule has 6 aromatic heterocycles. The Hall–Kier alpha value is -5.76. The van der Waals surface area contributed by atoms with Crippen molar-refractivity contribution in [2.24, 2.45) is 0 Å². The molecule has 12 nitrogen and oxygen atoms in total. The second kappa shape index (κ2) is 20.6. The minimum absolute atomic E-state index is 0. The largest absolute Gasteiger partial charge is 0.478 e. The lowest BCUT2D eigenvalue weighted by Gasteiger charge is -2.02. The average molecular weight is 803 g/mol. The van der Waals surface area contributed by atoms with Gasteiger partial charge in [-0.3, -0.25) is 14.0 Å². The lowest BCUT2D eigenvalue weighted by molar-refractivity contribution is 0.0696. The van der Waals surface area contributed by atoms with Gasteiger partial charge in [0.2, 0.25) is 0 Å². The summed E-state index contributed by atoms with van der Waals surface area (Å²) in [5.74, 6) is 8.94. The number of nitrogens with one attached hydrogen (secondary N) is 2. The summed E-state index contributed by atoms with van der Waals surface area (Å²) in [6.07, 6.45) is 24.0. The molecule has 3 N–H and O–H groups in total. The first-order chi connectivity index (χ1) is 23.6. The van der Waals surface area contributed by atoms with Gasteiger partial charge in [-0.2, -0.15) is 0 Å². The molecule has 0 aliphatic carbocycles. The summed E-state index contributed by atoms with van der Waals surface area (Å²) in [6.45, 7) is 6.47. The fourth-order valence-corrected chi connectivity index (χ4v) is 4.53. The van der Waals surface area contributed by atoms with Crippen LogP contribution in [0.4, 0.5) is 0 Å². The molecule has 15 heteroatoms. The van der Waals surface area contributed by atoms with Gasteiger partial charge in [-0.15, -0.1) is 48.6 Å². The van der Waals surface area contributed by atoms with E-state index in [-0.39, 0.29) is 36.5 Å². The van der Waals surface area contributed by atoms with Crippen LogP contribution < -0.4 is 10.6 Å². The normalized spacial score (nSPS) is 9.32. The third-order valence-corrected chi connectivity index (χ3v) is 7.13. The van der Waals surface area contributed by atoms with E-state index < -0.39 is 5.97 Å². The average Bonchev–Trinajstić information content (AvgIpc) is 3.87. The maximum Gasteiger partial charge on any atom is 0.394 e. The Bertz CT molecular complexity index is 2210. The van der Waals surface area contributed by atoms with Gasteiger partial charge in [0, 0.05) is 67.6 Å².